The summed E-state index contributed by atoms with van der Waals surface area (Å²) >= 11 is 12.4. The first-order chi connectivity index (χ1) is 19.5. The molecule has 1 aliphatic rings. The molecule has 0 atom stereocenters. The number of para-hydroxylation sites is 1. The van der Waals surface area contributed by atoms with Gasteiger partial charge in [0.05, 0.1) is 13.2 Å². The zero-order chi connectivity index (χ0) is 27.5. The molecule has 1 aliphatic heterocycles. The topological polar surface area (TPSA) is 144 Å². The number of aromatic nitrogens is 5. The number of morpholine rings is 1. The summed E-state index contributed by atoms with van der Waals surface area (Å²) in [7, 11) is 0. The van der Waals surface area contributed by atoms with Crippen LogP contribution in [-0.2, 0) is 4.74 Å². The number of ether oxygens (including phenoxy) is 1. The van der Waals surface area contributed by atoms with Gasteiger partial charge in [-0.1, -0.05) is 29.8 Å². The van der Waals surface area contributed by atoms with Crippen molar-refractivity contribution < 1.29 is 13.6 Å². The highest BCUT2D eigenvalue weighted by Gasteiger charge is 2.20. The normalized spacial score (nSPS) is 13.4. The molecule has 2 aromatic carbocycles. The minimum absolute atomic E-state index is 0.0242. The Balaban J connectivity index is 1.25. The maximum atomic E-state index is 12.5. The largest absolute Gasteiger partial charge is 0.422 e. The third-order valence-electron chi connectivity index (χ3n) is 5.68. The monoisotopic (exact) mass is 594 g/mol. The summed E-state index contributed by atoms with van der Waals surface area (Å²) in [5.41, 5.74) is 0.788. The van der Waals surface area contributed by atoms with Gasteiger partial charge in [-0.2, -0.15) is 15.0 Å². The van der Waals surface area contributed by atoms with Crippen LogP contribution in [0, 0.1) is 0 Å². The fraction of sp³-hybridized carbons (Fsp3) is 0.160. The number of rotatable bonds is 6. The molecule has 0 aliphatic carbocycles. The molecule has 0 unspecified atom stereocenters. The van der Waals surface area contributed by atoms with Crippen LogP contribution in [0.1, 0.15) is 0 Å². The van der Waals surface area contributed by atoms with Gasteiger partial charge in [-0.3, -0.25) is 0 Å². The molecule has 1 fully saturated rings. The Hall–Kier alpha value is -4.11. The number of anilines is 3. The number of hydrogen-bond acceptors (Lipinski definition) is 12. The number of benzene rings is 2. The van der Waals surface area contributed by atoms with Crippen molar-refractivity contribution in [3.05, 3.63) is 70.0 Å². The van der Waals surface area contributed by atoms with E-state index in [2.05, 4.69) is 35.8 Å². The Labute approximate surface area is 241 Å². The fourth-order valence-electron chi connectivity index (χ4n) is 3.80. The van der Waals surface area contributed by atoms with Crippen molar-refractivity contribution in [1.82, 2.24) is 25.1 Å². The molecule has 6 rings (SSSR count). The van der Waals surface area contributed by atoms with E-state index in [0.717, 1.165) is 22.8 Å². The van der Waals surface area contributed by atoms with E-state index < -0.39 is 5.63 Å². The van der Waals surface area contributed by atoms with Crippen LogP contribution >= 0.6 is 35.6 Å². The second-order valence-corrected chi connectivity index (χ2v) is 10.2. The van der Waals surface area contributed by atoms with E-state index in [-0.39, 0.29) is 32.9 Å². The molecule has 12 nitrogen and oxygen atoms in total. The van der Waals surface area contributed by atoms with Gasteiger partial charge in [0.2, 0.25) is 17.1 Å². The smallest absolute Gasteiger partial charge is 0.349 e. The van der Waals surface area contributed by atoms with Crippen molar-refractivity contribution in [3.8, 4) is 11.5 Å². The van der Waals surface area contributed by atoms with Gasteiger partial charge in [0.1, 0.15) is 11.1 Å². The van der Waals surface area contributed by atoms with Crippen molar-refractivity contribution in [2.75, 3.05) is 41.8 Å². The molecule has 202 valence electrons. The van der Waals surface area contributed by atoms with E-state index >= 15 is 0 Å². The number of halogens is 1. The SMILES string of the molecule is O=c1oc2ccccc2cc1-c1nnc(Sc2nc(NC(=S)Nc3ccc(Cl)cc3)nc(N3CCOCC3)n2)o1. The van der Waals surface area contributed by atoms with Crippen LogP contribution in [0.2, 0.25) is 5.02 Å². The van der Waals surface area contributed by atoms with Gasteiger partial charge in [-0.15, -0.1) is 10.2 Å². The van der Waals surface area contributed by atoms with E-state index in [9.17, 15) is 4.79 Å². The van der Waals surface area contributed by atoms with Crippen LogP contribution in [0.15, 0.2) is 78.6 Å². The summed E-state index contributed by atoms with van der Waals surface area (Å²) in [4.78, 5) is 28.1. The van der Waals surface area contributed by atoms with Crippen LogP contribution < -0.4 is 21.2 Å². The van der Waals surface area contributed by atoms with Gasteiger partial charge < -0.3 is 29.1 Å². The van der Waals surface area contributed by atoms with E-state index in [0.29, 0.717) is 42.9 Å². The van der Waals surface area contributed by atoms with Gasteiger partial charge in [-0.25, -0.2) is 4.79 Å². The molecule has 0 spiro atoms. The van der Waals surface area contributed by atoms with Crippen LogP contribution in [0.4, 0.5) is 17.6 Å². The Kier molecular flexibility index (Phi) is 7.55. The summed E-state index contributed by atoms with van der Waals surface area (Å²) in [5.74, 6) is 0.684. The molecule has 5 aromatic rings. The van der Waals surface area contributed by atoms with E-state index in [4.69, 9.17) is 37.4 Å². The minimum atomic E-state index is -0.582. The number of nitrogens with zero attached hydrogens (tertiary/aromatic N) is 6. The summed E-state index contributed by atoms with van der Waals surface area (Å²) in [5, 5.41) is 16.2. The fourth-order valence-corrected chi connectivity index (χ4v) is 4.75. The summed E-state index contributed by atoms with van der Waals surface area (Å²) in [6, 6.07) is 15.9. The first kappa shape index (κ1) is 26.1. The van der Waals surface area contributed by atoms with Crippen LogP contribution in [-0.4, -0.2) is 56.6 Å². The predicted molar refractivity (Wildman–Crippen MR) is 154 cm³/mol. The quantitative estimate of drug-likeness (QED) is 0.210. The highest BCUT2D eigenvalue weighted by Crippen LogP contribution is 2.29. The van der Waals surface area contributed by atoms with Crippen LogP contribution in [0.3, 0.4) is 0 Å². The summed E-state index contributed by atoms with van der Waals surface area (Å²) in [6.45, 7) is 2.33. The van der Waals surface area contributed by atoms with Gasteiger partial charge in [-0.05, 0) is 48.6 Å². The highest BCUT2D eigenvalue weighted by molar-refractivity contribution is 7.98. The zero-order valence-electron chi connectivity index (χ0n) is 20.5. The lowest BCUT2D eigenvalue weighted by Crippen LogP contribution is -2.37. The molecule has 3 aromatic heterocycles. The zero-order valence-corrected chi connectivity index (χ0v) is 22.9. The van der Waals surface area contributed by atoms with Crippen LogP contribution in [0.25, 0.3) is 22.4 Å². The van der Waals surface area contributed by atoms with Gasteiger partial charge in [0.15, 0.2) is 5.11 Å². The second kappa shape index (κ2) is 11.6. The van der Waals surface area contributed by atoms with Crippen molar-refractivity contribution >= 4 is 69.2 Å². The summed E-state index contributed by atoms with van der Waals surface area (Å²) < 4.78 is 16.6. The molecule has 1 saturated heterocycles. The second-order valence-electron chi connectivity index (χ2n) is 8.39. The van der Waals surface area contributed by atoms with Crippen molar-refractivity contribution in [3.63, 3.8) is 0 Å². The Morgan fingerprint density at radius 1 is 0.975 bits per heavy atom. The highest BCUT2D eigenvalue weighted by atomic mass is 35.5. The first-order valence-electron chi connectivity index (χ1n) is 12.0. The number of thiocarbonyl (C=S) groups is 1. The molecule has 2 N–H and O–H groups in total. The molecule has 0 bridgehead atoms. The average molecular weight is 595 g/mol. The van der Waals surface area contributed by atoms with Gasteiger partial charge in [0.25, 0.3) is 11.1 Å². The minimum Gasteiger partial charge on any atom is -0.422 e. The van der Waals surface area contributed by atoms with Crippen molar-refractivity contribution in [2.24, 2.45) is 0 Å². The van der Waals surface area contributed by atoms with Crippen molar-refractivity contribution in [2.45, 2.75) is 10.4 Å². The van der Waals surface area contributed by atoms with E-state index in [1.165, 1.54) is 0 Å². The van der Waals surface area contributed by atoms with Crippen LogP contribution in [0.5, 0.6) is 0 Å². The number of hydrogen-bond donors (Lipinski definition) is 2. The molecular weight excluding hydrogens is 576 g/mol. The Bertz CT molecular complexity index is 1740. The molecule has 0 saturated carbocycles. The molecule has 40 heavy (non-hydrogen) atoms. The lowest BCUT2D eigenvalue weighted by Gasteiger charge is -2.27. The molecular formula is C25H19ClN8O4S2. The lowest BCUT2D eigenvalue weighted by molar-refractivity contribution is 0.122. The summed E-state index contributed by atoms with van der Waals surface area (Å²) in [6.07, 6.45) is 0. The Morgan fingerprint density at radius 2 is 1.77 bits per heavy atom. The van der Waals surface area contributed by atoms with E-state index in [1.807, 2.05) is 17.0 Å². The van der Waals surface area contributed by atoms with E-state index in [1.54, 1.807) is 42.5 Å². The predicted octanol–water partition coefficient (Wildman–Crippen LogP) is 4.48. The molecule has 15 heteroatoms. The van der Waals surface area contributed by atoms with Gasteiger partial charge >= 0.3 is 5.63 Å². The third-order valence-corrected chi connectivity index (χ3v) is 6.84. The number of fused-ring (bicyclic) bond motifs is 1. The third kappa shape index (κ3) is 6.04. The average Bonchev–Trinajstić information content (AvgIpc) is 3.42. The molecule has 0 radical (unpaired) electrons. The maximum absolute atomic E-state index is 12.5. The molecule has 0 amide bonds. The maximum Gasteiger partial charge on any atom is 0.349 e. The standard InChI is InChI=1S/C25H19ClN8O4S2/c26-15-5-7-16(8-6-15)27-23(39)29-21-28-22(34-9-11-36-12-10-34)31-24(30-21)40-25-33-32-19(38-25)17-13-14-3-1-2-4-18(14)37-20(17)35/h1-8,13H,9-12H2,(H2,27,28,29,30,31,39). The first-order valence-corrected chi connectivity index (χ1v) is 13.6. The Morgan fingerprint density at radius 3 is 2.60 bits per heavy atom. The molecule has 4 heterocycles. The van der Waals surface area contributed by atoms with Gasteiger partial charge in [0, 0.05) is 40.9 Å². The van der Waals surface area contributed by atoms with Crippen molar-refractivity contribution in [1.29, 1.82) is 0 Å². The number of nitrogens with one attached hydrogen (secondary N) is 2. The lowest BCUT2D eigenvalue weighted by atomic mass is 10.2.